The van der Waals surface area contributed by atoms with E-state index in [1.165, 1.54) is 45.6 Å². The van der Waals surface area contributed by atoms with Crippen LogP contribution < -0.4 is 5.32 Å². The predicted molar refractivity (Wildman–Crippen MR) is 89.9 cm³/mol. The Hall–Kier alpha value is -2.37. The topological polar surface area (TPSA) is 79.9 Å². The average Bonchev–Trinajstić information content (AvgIpc) is 3.02. The van der Waals surface area contributed by atoms with Crippen molar-refractivity contribution in [3.63, 3.8) is 0 Å². The van der Waals surface area contributed by atoms with Gasteiger partial charge in [-0.3, -0.25) is 10.1 Å². The van der Waals surface area contributed by atoms with E-state index in [-0.39, 0.29) is 0 Å². The number of nitrogens with one attached hydrogen (secondary N) is 2. The summed E-state index contributed by atoms with van der Waals surface area (Å²) >= 11 is 0. The van der Waals surface area contributed by atoms with Crippen molar-refractivity contribution < 1.29 is 9.53 Å². The Morgan fingerprint density at radius 1 is 1.13 bits per heavy atom. The minimum absolute atomic E-state index is 0.406. The van der Waals surface area contributed by atoms with E-state index in [4.69, 9.17) is 4.74 Å². The standard InChI is InChI=1S/C11H12N4O2.C6H12/c1-7-9(6-13-15-7)14-10-5-12-4-3-8(10)11(16)17-2;1-2-4-6-5-3-1/h3-6,14H,1-2H3,(H,13,15);1-6H2. The first-order valence-corrected chi connectivity index (χ1v) is 8.01. The molecule has 6 nitrogen and oxygen atoms in total. The summed E-state index contributed by atoms with van der Waals surface area (Å²) in [5.41, 5.74) is 2.69. The number of H-pyrrole nitrogens is 1. The second-order valence-electron chi connectivity index (χ2n) is 5.57. The van der Waals surface area contributed by atoms with Crippen molar-refractivity contribution in [2.75, 3.05) is 12.4 Å². The monoisotopic (exact) mass is 316 g/mol. The first kappa shape index (κ1) is 17.0. The quantitative estimate of drug-likeness (QED) is 0.837. The third-order valence-corrected chi connectivity index (χ3v) is 3.83. The van der Waals surface area contributed by atoms with Crippen molar-refractivity contribution in [1.82, 2.24) is 15.2 Å². The number of nitrogens with zero attached hydrogens (tertiary/aromatic N) is 2. The van der Waals surface area contributed by atoms with Gasteiger partial charge in [-0.2, -0.15) is 5.10 Å². The van der Waals surface area contributed by atoms with Gasteiger partial charge in [0, 0.05) is 6.20 Å². The van der Waals surface area contributed by atoms with Crippen LogP contribution in [0.2, 0.25) is 0 Å². The molecule has 6 heteroatoms. The number of carbonyl (C=O) groups excluding carboxylic acids is 1. The molecule has 0 atom stereocenters. The van der Waals surface area contributed by atoms with Gasteiger partial charge in [-0.15, -0.1) is 0 Å². The summed E-state index contributed by atoms with van der Waals surface area (Å²) in [7, 11) is 1.34. The van der Waals surface area contributed by atoms with Gasteiger partial charge in [0.2, 0.25) is 0 Å². The third kappa shape index (κ3) is 5.09. The maximum atomic E-state index is 11.5. The van der Waals surface area contributed by atoms with Crippen LogP contribution in [0.4, 0.5) is 11.4 Å². The predicted octanol–water partition coefficient (Wildman–Crippen LogP) is 3.98. The molecule has 2 N–H and O–H groups in total. The molecule has 2 aromatic rings. The van der Waals surface area contributed by atoms with E-state index in [9.17, 15) is 4.79 Å². The molecule has 0 unspecified atom stereocenters. The smallest absolute Gasteiger partial charge is 0.340 e. The number of pyridine rings is 1. The van der Waals surface area contributed by atoms with E-state index in [0.717, 1.165) is 11.4 Å². The Morgan fingerprint density at radius 2 is 1.78 bits per heavy atom. The maximum Gasteiger partial charge on any atom is 0.340 e. The molecular weight excluding hydrogens is 292 g/mol. The first-order valence-electron chi connectivity index (χ1n) is 8.01. The van der Waals surface area contributed by atoms with Gasteiger partial charge in [0.05, 0.1) is 42.1 Å². The minimum Gasteiger partial charge on any atom is -0.465 e. The molecule has 124 valence electrons. The van der Waals surface area contributed by atoms with Gasteiger partial charge in [-0.1, -0.05) is 38.5 Å². The highest BCUT2D eigenvalue weighted by Gasteiger charge is 2.12. The Labute approximate surface area is 136 Å². The Morgan fingerprint density at radius 3 is 2.30 bits per heavy atom. The molecule has 0 aromatic carbocycles. The van der Waals surface area contributed by atoms with Gasteiger partial charge in [0.1, 0.15) is 0 Å². The van der Waals surface area contributed by atoms with Crippen LogP contribution in [0.3, 0.4) is 0 Å². The number of methoxy groups -OCH3 is 1. The minimum atomic E-state index is -0.406. The van der Waals surface area contributed by atoms with Gasteiger partial charge in [0.25, 0.3) is 0 Å². The molecule has 0 aliphatic heterocycles. The van der Waals surface area contributed by atoms with E-state index in [0.29, 0.717) is 11.3 Å². The summed E-state index contributed by atoms with van der Waals surface area (Å²) in [6.07, 6.45) is 13.8. The lowest BCUT2D eigenvalue weighted by molar-refractivity contribution is 0.0602. The molecular formula is C17H24N4O2. The summed E-state index contributed by atoms with van der Waals surface area (Å²) in [5.74, 6) is -0.406. The molecule has 1 fully saturated rings. The summed E-state index contributed by atoms with van der Waals surface area (Å²) in [4.78, 5) is 15.5. The zero-order valence-corrected chi connectivity index (χ0v) is 13.8. The molecule has 2 heterocycles. The lowest BCUT2D eigenvalue weighted by Gasteiger charge is -2.08. The highest BCUT2D eigenvalue weighted by molar-refractivity contribution is 5.96. The van der Waals surface area contributed by atoms with Crippen LogP contribution in [0.25, 0.3) is 0 Å². The fourth-order valence-corrected chi connectivity index (χ4v) is 2.46. The van der Waals surface area contributed by atoms with Gasteiger partial charge in [0.15, 0.2) is 0 Å². The highest BCUT2D eigenvalue weighted by Crippen LogP contribution is 2.21. The molecule has 3 rings (SSSR count). The van der Waals surface area contributed by atoms with Crippen LogP contribution in [-0.2, 0) is 4.74 Å². The first-order chi connectivity index (χ1) is 11.2. The lowest BCUT2D eigenvalue weighted by Crippen LogP contribution is -2.06. The molecule has 1 aliphatic carbocycles. The average molecular weight is 316 g/mol. The fourth-order valence-electron chi connectivity index (χ4n) is 2.46. The number of esters is 1. The fraction of sp³-hybridized carbons (Fsp3) is 0.471. The van der Waals surface area contributed by atoms with Crippen LogP contribution in [0, 0.1) is 6.92 Å². The Kier molecular flexibility index (Phi) is 6.59. The van der Waals surface area contributed by atoms with Gasteiger partial charge >= 0.3 is 5.97 Å². The molecule has 1 aliphatic rings. The van der Waals surface area contributed by atoms with Gasteiger partial charge in [-0.25, -0.2) is 4.79 Å². The van der Waals surface area contributed by atoms with E-state index >= 15 is 0 Å². The second kappa shape index (κ2) is 8.92. The van der Waals surface area contributed by atoms with Crippen molar-refractivity contribution in [2.45, 2.75) is 45.4 Å². The van der Waals surface area contributed by atoms with Crippen LogP contribution in [-0.4, -0.2) is 28.3 Å². The third-order valence-electron chi connectivity index (χ3n) is 3.83. The number of anilines is 2. The number of ether oxygens (including phenoxy) is 1. The van der Waals surface area contributed by atoms with Crippen molar-refractivity contribution in [2.24, 2.45) is 0 Å². The molecule has 1 saturated carbocycles. The normalized spacial score (nSPS) is 13.7. The van der Waals surface area contributed by atoms with Crippen LogP contribution in [0.1, 0.15) is 54.6 Å². The van der Waals surface area contributed by atoms with Crippen LogP contribution in [0.5, 0.6) is 0 Å². The van der Waals surface area contributed by atoms with Gasteiger partial charge < -0.3 is 10.1 Å². The molecule has 2 aromatic heterocycles. The molecule has 0 bridgehead atoms. The van der Waals surface area contributed by atoms with Crippen LogP contribution >= 0.6 is 0 Å². The van der Waals surface area contributed by atoms with E-state index in [2.05, 4.69) is 20.5 Å². The lowest BCUT2D eigenvalue weighted by atomic mass is 10.0. The number of rotatable bonds is 3. The van der Waals surface area contributed by atoms with E-state index < -0.39 is 5.97 Å². The number of aromatic amines is 1. The molecule has 0 radical (unpaired) electrons. The zero-order chi connectivity index (χ0) is 16.5. The summed E-state index contributed by atoms with van der Waals surface area (Å²) in [5, 5.41) is 9.77. The number of carbonyl (C=O) groups is 1. The SMILES string of the molecule is C1CCCCC1.COC(=O)c1ccncc1Nc1cn[nH]c1C. The van der Waals surface area contributed by atoms with Crippen molar-refractivity contribution in [1.29, 1.82) is 0 Å². The molecule has 0 saturated heterocycles. The van der Waals surface area contributed by atoms with E-state index in [1.54, 1.807) is 24.7 Å². The second-order valence-corrected chi connectivity index (χ2v) is 5.57. The maximum absolute atomic E-state index is 11.5. The molecule has 0 amide bonds. The summed E-state index contributed by atoms with van der Waals surface area (Å²) in [6, 6.07) is 1.60. The highest BCUT2D eigenvalue weighted by atomic mass is 16.5. The zero-order valence-electron chi connectivity index (χ0n) is 13.8. The van der Waals surface area contributed by atoms with Crippen LogP contribution in [0.15, 0.2) is 24.7 Å². The number of hydrogen-bond donors (Lipinski definition) is 2. The number of aryl methyl sites for hydroxylation is 1. The largest absolute Gasteiger partial charge is 0.465 e. The molecule has 0 spiro atoms. The number of aromatic nitrogens is 3. The molecule has 23 heavy (non-hydrogen) atoms. The summed E-state index contributed by atoms with van der Waals surface area (Å²) in [6.45, 7) is 1.88. The Bertz CT molecular complexity index is 609. The van der Waals surface area contributed by atoms with Crippen molar-refractivity contribution in [3.05, 3.63) is 35.9 Å². The van der Waals surface area contributed by atoms with Crippen molar-refractivity contribution in [3.8, 4) is 0 Å². The number of hydrogen-bond acceptors (Lipinski definition) is 5. The van der Waals surface area contributed by atoms with Gasteiger partial charge in [-0.05, 0) is 13.0 Å². The summed E-state index contributed by atoms with van der Waals surface area (Å²) < 4.78 is 4.70. The van der Waals surface area contributed by atoms with Crippen molar-refractivity contribution >= 4 is 17.3 Å². The van der Waals surface area contributed by atoms with E-state index in [1.807, 2.05) is 6.92 Å². The Balaban J connectivity index is 0.000000268.